The van der Waals surface area contributed by atoms with Gasteiger partial charge in [-0.1, -0.05) is 45.2 Å². The van der Waals surface area contributed by atoms with Crippen LogP contribution in [0.1, 0.15) is 11.3 Å². The number of hydrogen-bond acceptors (Lipinski definition) is 2. The standard InChI is InChI=1S/C18H15BrClNO/c1-12-2-5-14(6-3-12)21-11-15-7-9-18(22-15)16-8-4-13(19)10-17(16)20/h2-10,21H,11H2,1H3. The van der Waals surface area contributed by atoms with Crippen molar-refractivity contribution in [1.29, 1.82) is 0 Å². The van der Waals surface area contributed by atoms with Gasteiger partial charge in [-0.3, -0.25) is 0 Å². The van der Waals surface area contributed by atoms with Gasteiger partial charge < -0.3 is 9.73 Å². The zero-order valence-corrected chi connectivity index (χ0v) is 14.4. The molecule has 0 saturated heterocycles. The Morgan fingerprint density at radius 2 is 1.82 bits per heavy atom. The molecule has 0 unspecified atom stereocenters. The first-order valence-electron chi connectivity index (χ1n) is 6.96. The second-order valence-corrected chi connectivity index (χ2v) is 6.43. The number of aryl methyl sites for hydroxylation is 1. The van der Waals surface area contributed by atoms with Crippen molar-refractivity contribution in [1.82, 2.24) is 0 Å². The van der Waals surface area contributed by atoms with E-state index < -0.39 is 0 Å². The Labute approximate surface area is 143 Å². The van der Waals surface area contributed by atoms with Gasteiger partial charge in [-0.15, -0.1) is 0 Å². The number of nitrogens with one attached hydrogen (secondary N) is 1. The smallest absolute Gasteiger partial charge is 0.135 e. The van der Waals surface area contributed by atoms with Crippen LogP contribution < -0.4 is 5.32 Å². The Morgan fingerprint density at radius 3 is 2.55 bits per heavy atom. The molecule has 0 saturated carbocycles. The summed E-state index contributed by atoms with van der Waals surface area (Å²) in [4.78, 5) is 0. The summed E-state index contributed by atoms with van der Waals surface area (Å²) in [5, 5.41) is 4.01. The van der Waals surface area contributed by atoms with Gasteiger partial charge in [-0.2, -0.15) is 0 Å². The minimum absolute atomic E-state index is 0.636. The highest BCUT2D eigenvalue weighted by molar-refractivity contribution is 9.10. The summed E-state index contributed by atoms with van der Waals surface area (Å²) < 4.78 is 6.83. The zero-order chi connectivity index (χ0) is 15.5. The van der Waals surface area contributed by atoms with Crippen molar-refractivity contribution >= 4 is 33.2 Å². The first-order chi connectivity index (χ1) is 10.6. The molecule has 0 fully saturated rings. The predicted molar refractivity (Wildman–Crippen MR) is 95.4 cm³/mol. The van der Waals surface area contributed by atoms with E-state index in [-0.39, 0.29) is 0 Å². The molecule has 1 heterocycles. The molecule has 0 amide bonds. The maximum Gasteiger partial charge on any atom is 0.135 e. The normalized spacial score (nSPS) is 10.7. The third-order valence-electron chi connectivity index (χ3n) is 3.38. The van der Waals surface area contributed by atoms with Crippen LogP contribution in [0.4, 0.5) is 5.69 Å². The molecule has 112 valence electrons. The minimum atomic E-state index is 0.636. The Morgan fingerprint density at radius 1 is 1.05 bits per heavy atom. The number of rotatable bonds is 4. The van der Waals surface area contributed by atoms with Crippen LogP contribution in [0, 0.1) is 6.92 Å². The minimum Gasteiger partial charge on any atom is -0.459 e. The fraction of sp³-hybridized carbons (Fsp3) is 0.111. The van der Waals surface area contributed by atoms with Crippen LogP contribution in [0.5, 0.6) is 0 Å². The van der Waals surface area contributed by atoms with E-state index in [0.29, 0.717) is 11.6 Å². The Kier molecular flexibility index (Phi) is 4.55. The van der Waals surface area contributed by atoms with E-state index in [0.717, 1.165) is 27.2 Å². The second kappa shape index (κ2) is 6.59. The van der Waals surface area contributed by atoms with Crippen molar-refractivity contribution in [3.8, 4) is 11.3 Å². The van der Waals surface area contributed by atoms with Gasteiger partial charge in [0.1, 0.15) is 11.5 Å². The second-order valence-electron chi connectivity index (χ2n) is 5.11. The fourth-order valence-corrected chi connectivity index (χ4v) is 2.93. The SMILES string of the molecule is Cc1ccc(NCc2ccc(-c3ccc(Br)cc3Cl)o2)cc1. The number of halogens is 2. The van der Waals surface area contributed by atoms with Crippen LogP contribution in [0.2, 0.25) is 5.02 Å². The summed E-state index contributed by atoms with van der Waals surface area (Å²) in [6, 6.07) is 18.0. The first kappa shape index (κ1) is 15.2. The highest BCUT2D eigenvalue weighted by Gasteiger charge is 2.09. The molecule has 0 aliphatic carbocycles. The van der Waals surface area contributed by atoms with E-state index in [1.807, 2.05) is 30.3 Å². The number of hydrogen-bond donors (Lipinski definition) is 1. The van der Waals surface area contributed by atoms with Gasteiger partial charge in [0.05, 0.1) is 11.6 Å². The average molecular weight is 377 g/mol. The van der Waals surface area contributed by atoms with Crippen molar-refractivity contribution in [2.45, 2.75) is 13.5 Å². The molecule has 1 N–H and O–H groups in total. The Balaban J connectivity index is 1.72. The molecule has 4 heteroatoms. The fourth-order valence-electron chi connectivity index (χ4n) is 2.17. The molecule has 3 rings (SSSR count). The molecular weight excluding hydrogens is 362 g/mol. The third-order valence-corrected chi connectivity index (χ3v) is 4.18. The lowest BCUT2D eigenvalue weighted by molar-refractivity contribution is 0.531. The summed E-state index contributed by atoms with van der Waals surface area (Å²) in [7, 11) is 0. The van der Waals surface area contributed by atoms with Gasteiger partial charge in [0.2, 0.25) is 0 Å². The van der Waals surface area contributed by atoms with Gasteiger partial charge in [0.25, 0.3) is 0 Å². The molecule has 0 radical (unpaired) electrons. The molecule has 3 aromatic rings. The van der Waals surface area contributed by atoms with E-state index in [2.05, 4.69) is 52.4 Å². The van der Waals surface area contributed by atoms with Gasteiger partial charge in [-0.25, -0.2) is 0 Å². The molecule has 22 heavy (non-hydrogen) atoms. The zero-order valence-electron chi connectivity index (χ0n) is 12.1. The third kappa shape index (κ3) is 3.54. The highest BCUT2D eigenvalue weighted by Crippen LogP contribution is 2.31. The van der Waals surface area contributed by atoms with Gasteiger partial charge in [0, 0.05) is 15.7 Å². The molecule has 0 atom stereocenters. The lowest BCUT2D eigenvalue weighted by Gasteiger charge is -2.05. The van der Waals surface area contributed by atoms with Crippen molar-refractivity contribution in [2.24, 2.45) is 0 Å². The molecule has 0 aliphatic heterocycles. The highest BCUT2D eigenvalue weighted by atomic mass is 79.9. The molecular formula is C18H15BrClNO. The van der Waals surface area contributed by atoms with Gasteiger partial charge in [0.15, 0.2) is 0 Å². The van der Waals surface area contributed by atoms with Crippen molar-refractivity contribution in [3.05, 3.63) is 75.4 Å². The van der Waals surface area contributed by atoms with Crippen LogP contribution >= 0.6 is 27.5 Å². The quantitative estimate of drug-likeness (QED) is 0.579. The van der Waals surface area contributed by atoms with Crippen LogP contribution in [0.3, 0.4) is 0 Å². The lowest BCUT2D eigenvalue weighted by atomic mass is 10.2. The van der Waals surface area contributed by atoms with Crippen LogP contribution in [0.15, 0.2) is 63.5 Å². The molecule has 0 bridgehead atoms. The molecule has 0 spiro atoms. The summed E-state index contributed by atoms with van der Waals surface area (Å²) in [6.45, 7) is 2.71. The van der Waals surface area contributed by atoms with Crippen LogP contribution in [-0.4, -0.2) is 0 Å². The van der Waals surface area contributed by atoms with Crippen LogP contribution in [-0.2, 0) is 6.54 Å². The van der Waals surface area contributed by atoms with Gasteiger partial charge >= 0.3 is 0 Å². The first-order valence-corrected chi connectivity index (χ1v) is 8.13. The number of furan rings is 1. The van der Waals surface area contributed by atoms with Gasteiger partial charge in [-0.05, 0) is 49.4 Å². The maximum absolute atomic E-state index is 6.26. The Bertz CT molecular complexity index is 780. The van der Waals surface area contributed by atoms with E-state index in [4.69, 9.17) is 16.0 Å². The van der Waals surface area contributed by atoms with E-state index in [9.17, 15) is 0 Å². The molecule has 2 nitrogen and oxygen atoms in total. The monoisotopic (exact) mass is 375 g/mol. The number of benzene rings is 2. The average Bonchev–Trinajstić information content (AvgIpc) is 2.95. The van der Waals surface area contributed by atoms with Crippen LogP contribution in [0.25, 0.3) is 11.3 Å². The summed E-state index contributed by atoms with van der Waals surface area (Å²) in [5.41, 5.74) is 3.22. The number of anilines is 1. The van der Waals surface area contributed by atoms with E-state index in [1.165, 1.54) is 5.56 Å². The van der Waals surface area contributed by atoms with E-state index >= 15 is 0 Å². The molecule has 1 aromatic heterocycles. The largest absolute Gasteiger partial charge is 0.459 e. The summed E-state index contributed by atoms with van der Waals surface area (Å²) in [6.07, 6.45) is 0. The predicted octanol–water partition coefficient (Wildman–Crippen LogP) is 6.28. The van der Waals surface area contributed by atoms with E-state index in [1.54, 1.807) is 0 Å². The summed E-state index contributed by atoms with van der Waals surface area (Å²) >= 11 is 9.66. The topological polar surface area (TPSA) is 25.2 Å². The Hall–Kier alpha value is -1.71. The molecule has 0 aliphatic rings. The molecule has 2 aromatic carbocycles. The maximum atomic E-state index is 6.26. The summed E-state index contributed by atoms with van der Waals surface area (Å²) in [5.74, 6) is 1.65. The van der Waals surface area contributed by atoms with Crippen molar-refractivity contribution in [2.75, 3.05) is 5.32 Å². The van der Waals surface area contributed by atoms with Crippen molar-refractivity contribution < 1.29 is 4.42 Å². The lowest BCUT2D eigenvalue weighted by Crippen LogP contribution is -1.97. The van der Waals surface area contributed by atoms with Crippen molar-refractivity contribution in [3.63, 3.8) is 0 Å².